The van der Waals surface area contributed by atoms with Gasteiger partial charge in [0.2, 0.25) is 0 Å². The van der Waals surface area contributed by atoms with E-state index in [2.05, 4.69) is 61.6 Å². The molecular formula is C5H9Br3. The van der Waals surface area contributed by atoms with Crippen LogP contribution in [0.3, 0.4) is 0 Å². The summed E-state index contributed by atoms with van der Waals surface area (Å²) in [5.74, 6) is 0.600. The molecule has 0 aliphatic carbocycles. The van der Waals surface area contributed by atoms with Crippen molar-refractivity contribution in [3.05, 3.63) is 0 Å². The first-order valence-electron chi connectivity index (χ1n) is 2.55. The van der Waals surface area contributed by atoms with E-state index in [-0.39, 0.29) is 2.14 Å². The molecule has 3 heteroatoms. The van der Waals surface area contributed by atoms with Crippen LogP contribution in [-0.2, 0) is 0 Å². The third-order valence-electron chi connectivity index (χ3n) is 1.17. The Balaban J connectivity index is 3.62. The van der Waals surface area contributed by atoms with E-state index < -0.39 is 0 Å². The second-order valence-electron chi connectivity index (χ2n) is 1.85. The molecule has 0 nitrogen and oxygen atoms in total. The van der Waals surface area contributed by atoms with E-state index in [1.54, 1.807) is 0 Å². The fourth-order valence-electron chi connectivity index (χ4n) is 0.231. The molecule has 8 heavy (non-hydrogen) atoms. The van der Waals surface area contributed by atoms with Crippen molar-refractivity contribution >= 4 is 47.8 Å². The van der Waals surface area contributed by atoms with Crippen LogP contribution < -0.4 is 0 Å². The summed E-state index contributed by atoms with van der Waals surface area (Å²) in [4.78, 5) is 0. The molecule has 0 fully saturated rings. The third kappa shape index (κ3) is 3.46. The van der Waals surface area contributed by atoms with E-state index in [1.807, 2.05) is 0 Å². The van der Waals surface area contributed by atoms with Crippen LogP contribution in [0.4, 0.5) is 0 Å². The molecule has 50 valence electrons. The summed E-state index contributed by atoms with van der Waals surface area (Å²) < 4.78 is -0.0538. The first-order valence-corrected chi connectivity index (χ1v) is 4.93. The average molecular weight is 309 g/mol. The van der Waals surface area contributed by atoms with Crippen molar-refractivity contribution in [1.29, 1.82) is 0 Å². The highest BCUT2D eigenvalue weighted by molar-refractivity contribution is 9.39. The number of rotatable bonds is 1. The lowest BCUT2D eigenvalue weighted by molar-refractivity contribution is 0.608. The summed E-state index contributed by atoms with van der Waals surface area (Å²) in [6, 6.07) is 0. The number of halogens is 3. The van der Waals surface area contributed by atoms with E-state index in [9.17, 15) is 0 Å². The number of hydrogen-bond acceptors (Lipinski definition) is 0. The predicted octanol–water partition coefficient (Wildman–Crippen LogP) is 3.87. The molecule has 0 aromatic heterocycles. The molecule has 0 N–H and O–H groups in total. The van der Waals surface area contributed by atoms with Gasteiger partial charge in [0.1, 0.15) is 2.14 Å². The second-order valence-corrected chi connectivity index (χ2v) is 8.80. The fraction of sp³-hybridized carbons (Fsp3) is 1.00. The van der Waals surface area contributed by atoms with Crippen molar-refractivity contribution in [3.63, 3.8) is 0 Å². The Morgan fingerprint density at radius 2 is 1.75 bits per heavy atom. The van der Waals surface area contributed by atoms with Gasteiger partial charge in [-0.1, -0.05) is 68.1 Å². The van der Waals surface area contributed by atoms with E-state index in [0.29, 0.717) is 5.92 Å². The first-order chi connectivity index (χ1) is 3.48. The molecule has 0 heterocycles. The summed E-state index contributed by atoms with van der Waals surface area (Å²) in [6.07, 6.45) is 1.15. The largest absolute Gasteiger partial charge is 0.137 e. The Kier molecular flexibility index (Phi) is 4.21. The second kappa shape index (κ2) is 3.57. The van der Waals surface area contributed by atoms with E-state index in [4.69, 9.17) is 0 Å². The monoisotopic (exact) mass is 306 g/mol. The molecule has 0 rings (SSSR count). The van der Waals surface area contributed by atoms with E-state index in [0.717, 1.165) is 6.42 Å². The van der Waals surface area contributed by atoms with Gasteiger partial charge in [-0.15, -0.1) is 0 Å². The standard InChI is InChI=1S/C5H9Br3/c1-3-4(2)5(6,7)8/h4H,3H2,1-2H3. The van der Waals surface area contributed by atoms with Gasteiger partial charge < -0.3 is 0 Å². The molecule has 0 radical (unpaired) electrons. The van der Waals surface area contributed by atoms with Crippen LogP contribution in [0.5, 0.6) is 0 Å². The Hall–Kier alpha value is 1.44. The van der Waals surface area contributed by atoms with Crippen molar-refractivity contribution < 1.29 is 0 Å². The highest BCUT2D eigenvalue weighted by atomic mass is 80.0. The van der Waals surface area contributed by atoms with Gasteiger partial charge in [-0.25, -0.2) is 0 Å². The minimum absolute atomic E-state index is 0.0538. The lowest BCUT2D eigenvalue weighted by Gasteiger charge is -2.18. The van der Waals surface area contributed by atoms with E-state index >= 15 is 0 Å². The maximum absolute atomic E-state index is 3.44. The molecule has 0 aliphatic rings. The van der Waals surface area contributed by atoms with Crippen molar-refractivity contribution in [2.75, 3.05) is 0 Å². The molecule has 0 amide bonds. The van der Waals surface area contributed by atoms with Crippen molar-refractivity contribution in [1.82, 2.24) is 0 Å². The van der Waals surface area contributed by atoms with Crippen LogP contribution in [-0.4, -0.2) is 2.14 Å². The maximum Gasteiger partial charge on any atom is 0.137 e. The van der Waals surface area contributed by atoms with Crippen LogP contribution in [0.1, 0.15) is 20.3 Å². The quantitative estimate of drug-likeness (QED) is 0.645. The summed E-state index contributed by atoms with van der Waals surface area (Å²) in [5, 5.41) is 0. The maximum atomic E-state index is 3.44. The SMILES string of the molecule is CCC(C)C(Br)(Br)Br. The van der Waals surface area contributed by atoms with Crippen LogP contribution in [0.15, 0.2) is 0 Å². The average Bonchev–Trinajstić information content (AvgIpc) is 1.62. The van der Waals surface area contributed by atoms with Gasteiger partial charge in [0.05, 0.1) is 0 Å². The first kappa shape index (κ1) is 9.44. The van der Waals surface area contributed by atoms with E-state index in [1.165, 1.54) is 0 Å². The molecule has 0 aliphatic heterocycles. The Bertz CT molecular complexity index is 64.6. The highest BCUT2D eigenvalue weighted by Crippen LogP contribution is 2.42. The molecule has 1 unspecified atom stereocenters. The molecule has 0 aromatic carbocycles. The minimum atomic E-state index is -0.0538. The molecule has 1 atom stereocenters. The smallest absolute Gasteiger partial charge is 0.0650 e. The van der Waals surface area contributed by atoms with Crippen LogP contribution in [0.2, 0.25) is 0 Å². The summed E-state index contributed by atoms with van der Waals surface area (Å²) in [6.45, 7) is 4.32. The van der Waals surface area contributed by atoms with Gasteiger partial charge >= 0.3 is 0 Å². The lowest BCUT2D eigenvalue weighted by Crippen LogP contribution is -2.11. The zero-order chi connectivity index (χ0) is 6.78. The zero-order valence-corrected chi connectivity index (χ0v) is 9.68. The van der Waals surface area contributed by atoms with Crippen LogP contribution in [0.25, 0.3) is 0 Å². The van der Waals surface area contributed by atoms with Crippen molar-refractivity contribution in [2.24, 2.45) is 5.92 Å². The summed E-state index contributed by atoms with van der Waals surface area (Å²) >= 11 is 10.3. The van der Waals surface area contributed by atoms with Gasteiger partial charge in [-0.2, -0.15) is 0 Å². The predicted molar refractivity (Wildman–Crippen MR) is 49.0 cm³/mol. The molecular weight excluding hydrogens is 300 g/mol. The fourth-order valence-corrected chi connectivity index (χ4v) is 1.20. The molecule has 0 spiro atoms. The van der Waals surface area contributed by atoms with Gasteiger partial charge in [0, 0.05) is 0 Å². The normalized spacial score (nSPS) is 16.1. The Labute approximate surface area is 75.8 Å². The number of alkyl halides is 3. The molecule has 0 bridgehead atoms. The highest BCUT2D eigenvalue weighted by Gasteiger charge is 2.24. The van der Waals surface area contributed by atoms with Gasteiger partial charge in [0.25, 0.3) is 0 Å². The molecule has 0 saturated heterocycles. The van der Waals surface area contributed by atoms with Gasteiger partial charge in [-0.3, -0.25) is 0 Å². The lowest BCUT2D eigenvalue weighted by atomic mass is 10.2. The summed E-state index contributed by atoms with van der Waals surface area (Å²) in [7, 11) is 0. The van der Waals surface area contributed by atoms with Crippen molar-refractivity contribution in [3.8, 4) is 0 Å². The molecule has 0 aromatic rings. The van der Waals surface area contributed by atoms with Gasteiger partial charge in [-0.05, 0) is 5.92 Å². The van der Waals surface area contributed by atoms with Crippen molar-refractivity contribution in [2.45, 2.75) is 22.4 Å². The van der Waals surface area contributed by atoms with Crippen LogP contribution in [0, 0.1) is 5.92 Å². The minimum Gasteiger partial charge on any atom is -0.0650 e. The number of hydrogen-bond donors (Lipinski definition) is 0. The third-order valence-corrected chi connectivity index (χ3v) is 3.52. The zero-order valence-electron chi connectivity index (χ0n) is 4.92. The topological polar surface area (TPSA) is 0 Å². The Morgan fingerprint density at radius 3 is 1.75 bits per heavy atom. The Morgan fingerprint density at radius 1 is 1.38 bits per heavy atom. The molecule has 0 saturated carbocycles. The van der Waals surface area contributed by atoms with Crippen LogP contribution >= 0.6 is 47.8 Å². The van der Waals surface area contributed by atoms with Gasteiger partial charge in [0.15, 0.2) is 0 Å². The summed E-state index contributed by atoms with van der Waals surface area (Å²) in [5.41, 5.74) is 0.